The summed E-state index contributed by atoms with van der Waals surface area (Å²) in [5.74, 6) is 1.67. The van der Waals surface area contributed by atoms with Gasteiger partial charge in [0, 0.05) is 43.5 Å². The van der Waals surface area contributed by atoms with Crippen molar-refractivity contribution in [2.24, 2.45) is 10.6 Å². The summed E-state index contributed by atoms with van der Waals surface area (Å²) in [6.45, 7) is 7.67. The number of benzene rings is 1. The van der Waals surface area contributed by atoms with E-state index in [4.69, 9.17) is 18.9 Å². The van der Waals surface area contributed by atoms with Crippen LogP contribution in [0.4, 0.5) is 0 Å². The van der Waals surface area contributed by atoms with Crippen LogP contribution < -0.4 is 4.74 Å². The Kier molecular flexibility index (Phi) is 6.86. The van der Waals surface area contributed by atoms with E-state index in [9.17, 15) is 5.21 Å². The number of ether oxygens (including phenoxy) is 4. The van der Waals surface area contributed by atoms with Gasteiger partial charge in [-0.2, -0.15) is 0 Å². The first-order chi connectivity index (χ1) is 15.3. The number of nitrogens with zero attached hydrogens (tertiary/aromatic N) is 1. The summed E-state index contributed by atoms with van der Waals surface area (Å²) in [7, 11) is 1.79. The van der Waals surface area contributed by atoms with Crippen molar-refractivity contribution in [2.45, 2.75) is 48.3 Å². The van der Waals surface area contributed by atoms with E-state index < -0.39 is 5.41 Å². The molecule has 1 aromatic heterocycles. The topological polar surface area (TPSA) is 69.5 Å². The number of oxime groups is 1. The average Bonchev–Trinajstić information content (AvgIpc) is 3.26. The molecule has 0 amide bonds. The first-order valence-corrected chi connectivity index (χ1v) is 12.3. The Bertz CT molecular complexity index is 1020. The molecule has 0 aliphatic carbocycles. The van der Waals surface area contributed by atoms with Gasteiger partial charge in [-0.3, -0.25) is 0 Å². The van der Waals surface area contributed by atoms with Crippen LogP contribution in [-0.4, -0.2) is 38.0 Å². The molecule has 1 saturated heterocycles. The number of hydrogen-bond acceptors (Lipinski definition) is 8. The summed E-state index contributed by atoms with van der Waals surface area (Å²) in [6, 6.07) is 8.31. The Morgan fingerprint density at radius 3 is 2.69 bits per heavy atom. The molecule has 2 aliphatic rings. The summed E-state index contributed by atoms with van der Waals surface area (Å²) < 4.78 is 24.5. The lowest BCUT2D eigenvalue weighted by Crippen LogP contribution is -2.35. The van der Waals surface area contributed by atoms with Crippen molar-refractivity contribution >= 4 is 34.8 Å². The Morgan fingerprint density at radius 1 is 1.22 bits per heavy atom. The predicted octanol–water partition coefficient (Wildman–Crippen LogP) is 6.14. The average molecular weight is 476 g/mol. The Labute approximate surface area is 197 Å². The monoisotopic (exact) mass is 475 g/mol. The van der Waals surface area contributed by atoms with Crippen LogP contribution in [0.2, 0.25) is 0 Å². The van der Waals surface area contributed by atoms with Crippen LogP contribution >= 0.6 is 23.1 Å². The summed E-state index contributed by atoms with van der Waals surface area (Å²) in [6.07, 6.45) is 3.61. The van der Waals surface area contributed by atoms with Gasteiger partial charge in [-0.15, -0.1) is 11.3 Å². The quantitative estimate of drug-likeness (QED) is 0.243. The lowest BCUT2D eigenvalue weighted by molar-refractivity contribution is -0.0946. The molecule has 0 spiro atoms. The van der Waals surface area contributed by atoms with Crippen molar-refractivity contribution in [3.05, 3.63) is 46.8 Å². The van der Waals surface area contributed by atoms with Gasteiger partial charge in [0.1, 0.15) is 18.1 Å². The highest BCUT2D eigenvalue weighted by molar-refractivity contribution is 8.01. The molecule has 2 aliphatic heterocycles. The Hall–Kier alpha value is -2.00. The van der Waals surface area contributed by atoms with Crippen molar-refractivity contribution < 1.29 is 24.2 Å². The molecule has 32 heavy (non-hydrogen) atoms. The minimum Gasteiger partial charge on any atom is -0.489 e. The van der Waals surface area contributed by atoms with E-state index in [1.807, 2.05) is 39.0 Å². The molecule has 0 saturated carbocycles. The third-order valence-corrected chi connectivity index (χ3v) is 7.75. The van der Waals surface area contributed by atoms with Crippen LogP contribution in [-0.2, 0) is 19.8 Å². The summed E-state index contributed by atoms with van der Waals surface area (Å²) in [4.78, 5) is 1.09. The van der Waals surface area contributed by atoms with Gasteiger partial charge in [-0.25, -0.2) is 0 Å². The minimum atomic E-state index is -0.412. The van der Waals surface area contributed by atoms with E-state index in [-0.39, 0.29) is 11.5 Å². The standard InChI is InChI=1S/C24H29NO5S2/c1-23(2,3)22(25-26)30-19-7-10-29-20-14-17(5-6-18(19)20)32-21-13-16(15-31-21)24(27-4)8-11-28-12-9-24/h5-7,13-15,26H,8-12H2,1-4H3/b25-22+. The van der Waals surface area contributed by atoms with E-state index in [0.29, 0.717) is 12.4 Å². The molecule has 3 heterocycles. The van der Waals surface area contributed by atoms with Crippen molar-refractivity contribution in [2.75, 3.05) is 26.9 Å². The maximum absolute atomic E-state index is 9.37. The first kappa shape index (κ1) is 23.2. The summed E-state index contributed by atoms with van der Waals surface area (Å²) in [5, 5.41) is 14.9. The number of methoxy groups -OCH3 is 1. The van der Waals surface area contributed by atoms with Gasteiger partial charge in [-0.1, -0.05) is 37.7 Å². The third kappa shape index (κ3) is 4.83. The highest BCUT2D eigenvalue weighted by Gasteiger charge is 2.35. The van der Waals surface area contributed by atoms with Gasteiger partial charge >= 0.3 is 0 Å². The number of thiophene rings is 1. The second-order valence-corrected chi connectivity index (χ2v) is 11.1. The van der Waals surface area contributed by atoms with Crippen LogP contribution in [0.1, 0.15) is 44.7 Å². The molecule has 1 aromatic carbocycles. The molecule has 1 N–H and O–H groups in total. The van der Waals surface area contributed by atoms with Crippen molar-refractivity contribution in [1.82, 2.24) is 0 Å². The number of rotatable bonds is 5. The molecule has 0 radical (unpaired) electrons. The molecule has 0 atom stereocenters. The highest BCUT2D eigenvalue weighted by Crippen LogP contribution is 2.43. The number of fused-ring (bicyclic) bond motifs is 1. The molecule has 8 heteroatoms. The van der Waals surface area contributed by atoms with Crippen LogP contribution in [0.25, 0.3) is 5.76 Å². The fraction of sp³-hybridized carbons (Fsp3) is 0.458. The zero-order valence-electron chi connectivity index (χ0n) is 18.8. The van der Waals surface area contributed by atoms with Gasteiger partial charge in [0.25, 0.3) is 0 Å². The van der Waals surface area contributed by atoms with E-state index >= 15 is 0 Å². The molecule has 1 fully saturated rings. The maximum atomic E-state index is 9.37. The van der Waals surface area contributed by atoms with Crippen LogP contribution in [0.5, 0.6) is 5.75 Å². The molecule has 0 unspecified atom stereocenters. The minimum absolute atomic E-state index is 0.247. The first-order valence-electron chi connectivity index (χ1n) is 10.6. The van der Waals surface area contributed by atoms with Crippen molar-refractivity contribution in [3.8, 4) is 5.75 Å². The van der Waals surface area contributed by atoms with Crippen LogP contribution in [0.15, 0.2) is 50.0 Å². The molecule has 172 valence electrons. The van der Waals surface area contributed by atoms with E-state index in [2.05, 4.69) is 22.7 Å². The second-order valence-electron chi connectivity index (χ2n) is 8.86. The molecule has 2 aromatic rings. The normalized spacial score (nSPS) is 18.5. The van der Waals surface area contributed by atoms with Gasteiger partial charge in [0.05, 0.1) is 15.4 Å². The zero-order chi connectivity index (χ0) is 22.8. The number of hydrogen-bond donors (Lipinski definition) is 1. The lowest BCUT2D eigenvalue weighted by atomic mass is 9.88. The molecule has 4 rings (SSSR count). The van der Waals surface area contributed by atoms with Gasteiger partial charge in [0.15, 0.2) is 0 Å². The predicted molar refractivity (Wildman–Crippen MR) is 127 cm³/mol. The summed E-state index contributed by atoms with van der Waals surface area (Å²) >= 11 is 3.43. The lowest BCUT2D eigenvalue weighted by Gasteiger charge is -2.35. The van der Waals surface area contributed by atoms with E-state index in [1.54, 1.807) is 30.2 Å². The van der Waals surface area contributed by atoms with Crippen LogP contribution in [0, 0.1) is 5.41 Å². The third-order valence-electron chi connectivity index (χ3n) is 5.68. The molecular weight excluding hydrogens is 446 g/mol. The van der Waals surface area contributed by atoms with Crippen LogP contribution in [0.3, 0.4) is 0 Å². The Morgan fingerprint density at radius 2 is 2.00 bits per heavy atom. The van der Waals surface area contributed by atoms with E-state index in [0.717, 1.165) is 42.3 Å². The zero-order valence-corrected chi connectivity index (χ0v) is 20.5. The Balaban J connectivity index is 1.51. The second kappa shape index (κ2) is 9.47. The van der Waals surface area contributed by atoms with E-state index in [1.165, 1.54) is 9.77 Å². The SMILES string of the molecule is COC1(c2csc(Sc3ccc4c(c3)OCC=C4O/C(=N/O)C(C)(C)C)c2)CCOCC1. The van der Waals surface area contributed by atoms with Crippen molar-refractivity contribution in [3.63, 3.8) is 0 Å². The summed E-state index contributed by atoms with van der Waals surface area (Å²) in [5.41, 5.74) is 1.41. The highest BCUT2D eigenvalue weighted by atomic mass is 32.2. The maximum Gasteiger partial charge on any atom is 0.236 e. The fourth-order valence-corrected chi connectivity index (χ4v) is 5.83. The van der Waals surface area contributed by atoms with Gasteiger partial charge < -0.3 is 24.2 Å². The van der Waals surface area contributed by atoms with Gasteiger partial charge in [-0.05, 0) is 41.3 Å². The molecule has 0 bridgehead atoms. The smallest absolute Gasteiger partial charge is 0.236 e. The molecular formula is C24H29NO5S2. The molecule has 6 nitrogen and oxygen atoms in total. The van der Waals surface area contributed by atoms with Gasteiger partial charge in [0.2, 0.25) is 5.90 Å². The van der Waals surface area contributed by atoms with Crippen molar-refractivity contribution in [1.29, 1.82) is 0 Å². The largest absolute Gasteiger partial charge is 0.489 e. The fourth-order valence-electron chi connectivity index (χ4n) is 3.77.